The van der Waals surface area contributed by atoms with Crippen LogP contribution in [0.4, 0.5) is 0 Å². The average molecular weight is 258 g/mol. The maximum absolute atomic E-state index is 12.3. The fourth-order valence-corrected chi connectivity index (χ4v) is 2.55. The first-order valence-electron chi connectivity index (χ1n) is 5.40. The van der Waals surface area contributed by atoms with E-state index in [0.29, 0.717) is 16.5 Å². The minimum Gasteiger partial charge on any atom is -0.480 e. The molecular weight excluding hydrogens is 248 g/mol. The number of ether oxygens (including phenoxy) is 1. The minimum absolute atomic E-state index is 0.0826. The van der Waals surface area contributed by atoms with Gasteiger partial charge < -0.3 is 9.72 Å². The van der Waals surface area contributed by atoms with Crippen LogP contribution in [0.15, 0.2) is 35.8 Å². The van der Waals surface area contributed by atoms with Crippen molar-refractivity contribution < 1.29 is 9.53 Å². The van der Waals surface area contributed by atoms with Crippen LogP contribution in [0.25, 0.3) is 10.9 Å². The molecule has 90 valence electrons. The number of carbonyl (C=O) groups excluding carboxylic acids is 1. The first-order chi connectivity index (χ1) is 8.79. The number of hydrogen-bond donors (Lipinski definition) is 1. The largest absolute Gasteiger partial charge is 0.480 e. The Balaban J connectivity index is 2.06. The summed E-state index contributed by atoms with van der Waals surface area (Å²) in [6.45, 7) is 0. The molecule has 5 heteroatoms. The molecule has 1 N–H and O–H groups in total. The van der Waals surface area contributed by atoms with E-state index < -0.39 is 0 Å². The van der Waals surface area contributed by atoms with Gasteiger partial charge in [0.05, 0.1) is 18.1 Å². The first-order valence-corrected chi connectivity index (χ1v) is 6.28. The Hall–Kier alpha value is -2.14. The van der Waals surface area contributed by atoms with Crippen LogP contribution < -0.4 is 4.74 Å². The molecule has 0 atom stereocenters. The number of fused-ring (bicyclic) bond motifs is 1. The van der Waals surface area contributed by atoms with E-state index >= 15 is 0 Å². The lowest BCUT2D eigenvalue weighted by Crippen LogP contribution is -1.99. The molecule has 0 spiro atoms. The van der Waals surface area contributed by atoms with E-state index in [9.17, 15) is 4.79 Å². The third-order valence-corrected chi connectivity index (χ3v) is 3.54. The molecule has 3 rings (SSSR count). The number of methoxy groups -OCH3 is 1. The lowest BCUT2D eigenvalue weighted by molar-refractivity contribution is 0.103. The van der Waals surface area contributed by atoms with Crippen molar-refractivity contribution in [1.82, 2.24) is 9.97 Å². The smallest absolute Gasteiger partial charge is 0.224 e. The van der Waals surface area contributed by atoms with Crippen molar-refractivity contribution in [3.63, 3.8) is 0 Å². The summed E-state index contributed by atoms with van der Waals surface area (Å²) in [6, 6.07) is 7.70. The number of thiazole rings is 1. The Morgan fingerprint density at radius 3 is 3.00 bits per heavy atom. The van der Waals surface area contributed by atoms with Gasteiger partial charge in [0.25, 0.3) is 0 Å². The van der Waals surface area contributed by atoms with Gasteiger partial charge in [0, 0.05) is 17.1 Å². The highest BCUT2D eigenvalue weighted by molar-refractivity contribution is 7.12. The van der Waals surface area contributed by atoms with Gasteiger partial charge in [-0.15, -0.1) is 11.3 Å². The summed E-state index contributed by atoms with van der Waals surface area (Å²) in [5, 5.41) is 3.08. The van der Waals surface area contributed by atoms with E-state index in [4.69, 9.17) is 4.74 Å². The lowest BCUT2D eigenvalue weighted by Gasteiger charge is -1.95. The second-order valence-electron chi connectivity index (χ2n) is 3.77. The number of aromatic amines is 1. The summed E-state index contributed by atoms with van der Waals surface area (Å²) in [5.74, 6) is 0.393. The second kappa shape index (κ2) is 4.27. The molecule has 0 saturated carbocycles. The van der Waals surface area contributed by atoms with Crippen LogP contribution in [0, 0.1) is 0 Å². The van der Waals surface area contributed by atoms with E-state index in [1.165, 1.54) is 18.4 Å². The van der Waals surface area contributed by atoms with Crippen LogP contribution in [-0.4, -0.2) is 22.9 Å². The zero-order valence-corrected chi connectivity index (χ0v) is 10.5. The maximum atomic E-state index is 12.3. The molecule has 0 aliphatic carbocycles. The summed E-state index contributed by atoms with van der Waals surface area (Å²) in [7, 11) is 1.54. The van der Waals surface area contributed by atoms with Gasteiger partial charge in [0.15, 0.2) is 5.01 Å². The van der Waals surface area contributed by atoms with Crippen molar-refractivity contribution in [3.8, 4) is 5.88 Å². The number of benzene rings is 1. The van der Waals surface area contributed by atoms with Gasteiger partial charge in [0.1, 0.15) is 0 Å². The van der Waals surface area contributed by atoms with Crippen LogP contribution in [0.1, 0.15) is 15.4 Å². The Morgan fingerprint density at radius 2 is 2.22 bits per heavy atom. The average Bonchev–Trinajstić information content (AvgIpc) is 3.04. The van der Waals surface area contributed by atoms with Gasteiger partial charge in [-0.2, -0.15) is 4.98 Å². The summed E-state index contributed by atoms with van der Waals surface area (Å²) in [4.78, 5) is 19.5. The standard InChI is InChI=1S/C13H10N2O2S/c1-17-11-7-18-13(15-11)12(16)9-6-14-10-5-3-2-4-8(9)10/h2-7,14H,1H3. The molecule has 0 aliphatic rings. The van der Waals surface area contributed by atoms with Crippen LogP contribution >= 0.6 is 11.3 Å². The molecule has 0 aliphatic heterocycles. The van der Waals surface area contributed by atoms with Crippen molar-refractivity contribution in [2.24, 2.45) is 0 Å². The molecular formula is C13H10N2O2S. The molecule has 0 amide bonds. The number of H-pyrrole nitrogens is 1. The summed E-state index contributed by atoms with van der Waals surface area (Å²) >= 11 is 1.29. The van der Waals surface area contributed by atoms with Crippen LogP contribution in [0.2, 0.25) is 0 Å². The number of nitrogens with one attached hydrogen (secondary N) is 1. The number of aromatic nitrogens is 2. The molecule has 2 aromatic heterocycles. The number of para-hydroxylation sites is 1. The van der Waals surface area contributed by atoms with Crippen molar-refractivity contribution >= 4 is 28.0 Å². The van der Waals surface area contributed by atoms with E-state index in [-0.39, 0.29) is 5.78 Å². The van der Waals surface area contributed by atoms with Crippen molar-refractivity contribution in [3.05, 3.63) is 46.4 Å². The molecule has 2 heterocycles. The minimum atomic E-state index is -0.0826. The first kappa shape index (κ1) is 11.0. The highest BCUT2D eigenvalue weighted by Gasteiger charge is 2.17. The molecule has 1 aromatic carbocycles. The number of carbonyl (C=O) groups is 1. The Bertz CT molecular complexity index is 714. The maximum Gasteiger partial charge on any atom is 0.224 e. The van der Waals surface area contributed by atoms with Gasteiger partial charge in [-0.25, -0.2) is 0 Å². The second-order valence-corrected chi connectivity index (χ2v) is 4.63. The van der Waals surface area contributed by atoms with Gasteiger partial charge in [0.2, 0.25) is 11.7 Å². The topological polar surface area (TPSA) is 55.0 Å². The predicted molar refractivity (Wildman–Crippen MR) is 70.4 cm³/mol. The van der Waals surface area contributed by atoms with E-state index in [2.05, 4.69) is 9.97 Å². The van der Waals surface area contributed by atoms with Crippen LogP contribution in [-0.2, 0) is 0 Å². The van der Waals surface area contributed by atoms with Crippen molar-refractivity contribution in [2.45, 2.75) is 0 Å². The predicted octanol–water partition coefficient (Wildman–Crippen LogP) is 2.86. The fourth-order valence-electron chi connectivity index (χ4n) is 1.83. The normalized spacial score (nSPS) is 10.7. The monoisotopic (exact) mass is 258 g/mol. The molecule has 0 fully saturated rings. The molecule has 0 bridgehead atoms. The number of ketones is 1. The van der Waals surface area contributed by atoms with Crippen molar-refractivity contribution in [2.75, 3.05) is 7.11 Å². The molecule has 0 unspecified atom stereocenters. The number of rotatable bonds is 3. The molecule has 0 saturated heterocycles. The molecule has 4 nitrogen and oxygen atoms in total. The summed E-state index contributed by atoms with van der Waals surface area (Å²) in [5.41, 5.74) is 1.59. The number of nitrogens with zero attached hydrogens (tertiary/aromatic N) is 1. The Kier molecular flexibility index (Phi) is 2.60. The van der Waals surface area contributed by atoms with E-state index in [1.807, 2.05) is 24.3 Å². The zero-order chi connectivity index (χ0) is 12.5. The Morgan fingerprint density at radius 1 is 1.39 bits per heavy atom. The highest BCUT2D eigenvalue weighted by Crippen LogP contribution is 2.24. The third kappa shape index (κ3) is 1.69. The third-order valence-electron chi connectivity index (χ3n) is 2.72. The van der Waals surface area contributed by atoms with Crippen LogP contribution in [0.5, 0.6) is 5.88 Å². The van der Waals surface area contributed by atoms with E-state index in [0.717, 1.165) is 10.9 Å². The molecule has 3 aromatic rings. The van der Waals surface area contributed by atoms with Gasteiger partial charge in [-0.3, -0.25) is 4.79 Å². The molecule has 0 radical (unpaired) electrons. The zero-order valence-electron chi connectivity index (χ0n) is 9.64. The molecule has 18 heavy (non-hydrogen) atoms. The summed E-state index contributed by atoms with van der Waals surface area (Å²) in [6.07, 6.45) is 1.72. The SMILES string of the molecule is COc1csc(C(=O)c2c[nH]c3ccccc23)n1. The van der Waals surface area contributed by atoms with Crippen molar-refractivity contribution in [1.29, 1.82) is 0 Å². The van der Waals surface area contributed by atoms with E-state index in [1.54, 1.807) is 11.6 Å². The fraction of sp³-hybridized carbons (Fsp3) is 0.0769. The van der Waals surface area contributed by atoms with Gasteiger partial charge in [-0.1, -0.05) is 18.2 Å². The summed E-state index contributed by atoms with van der Waals surface area (Å²) < 4.78 is 4.99. The number of hydrogen-bond acceptors (Lipinski definition) is 4. The quantitative estimate of drug-likeness (QED) is 0.735. The lowest BCUT2D eigenvalue weighted by atomic mass is 10.1. The van der Waals surface area contributed by atoms with Gasteiger partial charge >= 0.3 is 0 Å². The van der Waals surface area contributed by atoms with Gasteiger partial charge in [-0.05, 0) is 6.07 Å². The highest BCUT2D eigenvalue weighted by atomic mass is 32.1. The van der Waals surface area contributed by atoms with Crippen LogP contribution in [0.3, 0.4) is 0 Å². The Labute approximate surface area is 107 Å².